The van der Waals surface area contributed by atoms with Crippen LogP contribution in [0.15, 0.2) is 30.6 Å². The second kappa shape index (κ2) is 5.98. The molecule has 0 spiro atoms. The zero-order chi connectivity index (χ0) is 13.7. The molecule has 0 bridgehead atoms. The van der Waals surface area contributed by atoms with E-state index in [1.54, 1.807) is 36.3 Å². The molecule has 0 aliphatic rings. The van der Waals surface area contributed by atoms with Crippen LogP contribution in [0.4, 0.5) is 15.8 Å². The average Bonchev–Trinajstić information content (AvgIpc) is 2.84. The molecule has 1 heterocycles. The summed E-state index contributed by atoms with van der Waals surface area (Å²) in [5.74, 6) is -0.542. The fourth-order valence-electron chi connectivity index (χ4n) is 1.59. The van der Waals surface area contributed by atoms with Crippen LogP contribution in [-0.2, 0) is 11.3 Å². The molecule has 0 fully saturated rings. The van der Waals surface area contributed by atoms with Crippen molar-refractivity contribution in [2.45, 2.75) is 6.54 Å². The summed E-state index contributed by atoms with van der Waals surface area (Å²) in [5, 5.41) is 15.8. The molecule has 0 saturated heterocycles. The van der Waals surface area contributed by atoms with Crippen molar-refractivity contribution >= 4 is 11.4 Å². The van der Waals surface area contributed by atoms with Gasteiger partial charge in [0.15, 0.2) is 0 Å². The molecule has 98 valence electrons. The number of halogens is 1. The monoisotopic (exact) mass is 260 g/mol. The molecule has 0 aliphatic heterocycles. The van der Waals surface area contributed by atoms with Gasteiger partial charge in [0.2, 0.25) is 0 Å². The number of benzene rings is 1. The second-order valence-electron chi connectivity index (χ2n) is 3.92. The lowest BCUT2D eigenvalue weighted by Gasteiger charge is -2.04. The number of methoxy groups -OCH3 is 1. The van der Waals surface area contributed by atoms with Crippen molar-refractivity contribution in [1.29, 1.82) is 5.26 Å². The van der Waals surface area contributed by atoms with Crippen LogP contribution in [0.2, 0.25) is 0 Å². The smallest absolute Gasteiger partial charge is 0.143 e. The van der Waals surface area contributed by atoms with Crippen LogP contribution in [0.3, 0.4) is 0 Å². The normalized spacial score (nSPS) is 10.2. The molecule has 0 amide bonds. The van der Waals surface area contributed by atoms with Gasteiger partial charge in [0.1, 0.15) is 11.9 Å². The van der Waals surface area contributed by atoms with Crippen LogP contribution >= 0.6 is 0 Å². The van der Waals surface area contributed by atoms with Crippen molar-refractivity contribution in [3.63, 3.8) is 0 Å². The van der Waals surface area contributed by atoms with E-state index in [0.717, 1.165) is 5.69 Å². The lowest BCUT2D eigenvalue weighted by molar-refractivity contribution is 0.183. The summed E-state index contributed by atoms with van der Waals surface area (Å²) < 4.78 is 20.1. The molecule has 1 N–H and O–H groups in total. The van der Waals surface area contributed by atoms with E-state index >= 15 is 0 Å². The Morgan fingerprint density at radius 1 is 1.47 bits per heavy atom. The Morgan fingerprint density at radius 3 is 3.00 bits per heavy atom. The first-order valence-corrected chi connectivity index (χ1v) is 5.71. The van der Waals surface area contributed by atoms with Crippen molar-refractivity contribution in [2.75, 3.05) is 19.0 Å². The number of aromatic nitrogens is 2. The lowest BCUT2D eigenvalue weighted by atomic mass is 10.2. The number of anilines is 2. The number of nitrogens with one attached hydrogen (secondary N) is 1. The largest absolute Gasteiger partial charge is 0.383 e. The molecule has 0 saturated carbocycles. The highest BCUT2D eigenvalue weighted by Gasteiger charge is 2.04. The minimum atomic E-state index is -0.542. The maximum absolute atomic E-state index is 13.4. The van der Waals surface area contributed by atoms with Crippen molar-refractivity contribution in [2.24, 2.45) is 0 Å². The second-order valence-corrected chi connectivity index (χ2v) is 3.92. The maximum atomic E-state index is 13.4. The van der Waals surface area contributed by atoms with E-state index in [4.69, 9.17) is 10.00 Å². The van der Waals surface area contributed by atoms with E-state index in [2.05, 4.69) is 10.4 Å². The van der Waals surface area contributed by atoms with Crippen LogP contribution < -0.4 is 5.32 Å². The Labute approximate surface area is 110 Å². The third-order valence-electron chi connectivity index (χ3n) is 2.54. The standard InChI is InChI=1S/C13H13FN4O/c1-19-5-4-18-9-12(8-16-18)17-11-3-2-10(7-15)13(14)6-11/h2-3,6,8-9,17H,4-5H2,1H3. The Hall–Kier alpha value is -2.39. The number of hydrogen-bond donors (Lipinski definition) is 1. The molecule has 2 rings (SSSR count). The molecule has 0 atom stereocenters. The number of ether oxygens (including phenoxy) is 1. The van der Waals surface area contributed by atoms with Gasteiger partial charge in [0, 0.05) is 19.0 Å². The minimum Gasteiger partial charge on any atom is -0.383 e. The zero-order valence-electron chi connectivity index (χ0n) is 10.4. The van der Waals surface area contributed by atoms with Gasteiger partial charge in [-0.2, -0.15) is 10.4 Å². The summed E-state index contributed by atoms with van der Waals surface area (Å²) in [6.45, 7) is 1.23. The number of nitrogens with zero attached hydrogens (tertiary/aromatic N) is 3. The minimum absolute atomic E-state index is 0.0290. The van der Waals surface area contributed by atoms with Gasteiger partial charge in [-0.1, -0.05) is 0 Å². The summed E-state index contributed by atoms with van der Waals surface area (Å²) >= 11 is 0. The number of nitriles is 1. The topological polar surface area (TPSA) is 62.9 Å². The summed E-state index contributed by atoms with van der Waals surface area (Å²) in [6, 6.07) is 6.15. The molecule has 5 nitrogen and oxygen atoms in total. The van der Waals surface area contributed by atoms with Crippen molar-refractivity contribution in [3.8, 4) is 6.07 Å². The molecule has 1 aromatic carbocycles. The Bertz CT molecular complexity index is 603. The predicted octanol–water partition coefficient (Wildman–Crippen LogP) is 2.28. The molecular formula is C13H13FN4O. The fraction of sp³-hybridized carbons (Fsp3) is 0.231. The van der Waals surface area contributed by atoms with E-state index in [1.807, 2.05) is 0 Å². The summed E-state index contributed by atoms with van der Waals surface area (Å²) in [5.41, 5.74) is 1.35. The predicted molar refractivity (Wildman–Crippen MR) is 68.5 cm³/mol. The first-order valence-electron chi connectivity index (χ1n) is 5.71. The van der Waals surface area contributed by atoms with Gasteiger partial charge in [0.25, 0.3) is 0 Å². The quantitative estimate of drug-likeness (QED) is 0.895. The van der Waals surface area contributed by atoms with Crippen molar-refractivity contribution < 1.29 is 9.13 Å². The van der Waals surface area contributed by atoms with E-state index in [1.165, 1.54) is 12.1 Å². The van der Waals surface area contributed by atoms with Crippen LogP contribution in [0.1, 0.15) is 5.56 Å². The highest BCUT2D eigenvalue weighted by atomic mass is 19.1. The fourth-order valence-corrected chi connectivity index (χ4v) is 1.59. The SMILES string of the molecule is COCCn1cc(Nc2ccc(C#N)c(F)c2)cn1. The van der Waals surface area contributed by atoms with Crippen LogP contribution in [0, 0.1) is 17.1 Å². The first-order chi connectivity index (χ1) is 9.22. The highest BCUT2D eigenvalue weighted by Crippen LogP contribution is 2.18. The molecule has 6 heteroatoms. The molecule has 0 unspecified atom stereocenters. The van der Waals surface area contributed by atoms with Crippen LogP contribution in [-0.4, -0.2) is 23.5 Å². The zero-order valence-corrected chi connectivity index (χ0v) is 10.4. The van der Waals surface area contributed by atoms with Crippen LogP contribution in [0.5, 0.6) is 0 Å². The number of hydrogen-bond acceptors (Lipinski definition) is 4. The van der Waals surface area contributed by atoms with Gasteiger partial charge in [0.05, 0.1) is 30.6 Å². The van der Waals surface area contributed by atoms with E-state index in [9.17, 15) is 4.39 Å². The lowest BCUT2D eigenvalue weighted by Crippen LogP contribution is -2.03. The van der Waals surface area contributed by atoms with Gasteiger partial charge in [-0.05, 0) is 18.2 Å². The number of rotatable bonds is 5. The molecular weight excluding hydrogens is 247 g/mol. The highest BCUT2D eigenvalue weighted by molar-refractivity contribution is 5.59. The Balaban J connectivity index is 2.07. The van der Waals surface area contributed by atoms with E-state index in [0.29, 0.717) is 18.8 Å². The molecule has 0 radical (unpaired) electrons. The molecule has 2 aromatic rings. The van der Waals surface area contributed by atoms with Gasteiger partial charge in [-0.3, -0.25) is 4.68 Å². The summed E-state index contributed by atoms with van der Waals surface area (Å²) in [4.78, 5) is 0. The molecule has 1 aromatic heterocycles. The maximum Gasteiger partial charge on any atom is 0.143 e. The van der Waals surface area contributed by atoms with Crippen molar-refractivity contribution in [3.05, 3.63) is 42.0 Å². The average molecular weight is 260 g/mol. The van der Waals surface area contributed by atoms with Crippen LogP contribution in [0.25, 0.3) is 0 Å². The third-order valence-corrected chi connectivity index (χ3v) is 2.54. The van der Waals surface area contributed by atoms with E-state index in [-0.39, 0.29) is 5.56 Å². The van der Waals surface area contributed by atoms with Gasteiger partial charge in [-0.15, -0.1) is 0 Å². The third kappa shape index (κ3) is 3.30. The Morgan fingerprint density at radius 2 is 2.32 bits per heavy atom. The summed E-state index contributed by atoms with van der Waals surface area (Å²) in [7, 11) is 1.63. The Kier molecular flexibility index (Phi) is 4.11. The first kappa shape index (κ1) is 13.1. The summed E-state index contributed by atoms with van der Waals surface area (Å²) in [6.07, 6.45) is 3.45. The molecule has 19 heavy (non-hydrogen) atoms. The van der Waals surface area contributed by atoms with Gasteiger partial charge >= 0.3 is 0 Å². The van der Waals surface area contributed by atoms with Gasteiger partial charge in [-0.25, -0.2) is 4.39 Å². The van der Waals surface area contributed by atoms with Gasteiger partial charge < -0.3 is 10.1 Å². The van der Waals surface area contributed by atoms with E-state index < -0.39 is 5.82 Å². The molecule has 0 aliphatic carbocycles. The van der Waals surface area contributed by atoms with Crippen molar-refractivity contribution in [1.82, 2.24) is 9.78 Å².